The highest BCUT2D eigenvalue weighted by Crippen LogP contribution is 2.51. The van der Waals surface area contributed by atoms with Gasteiger partial charge in [0.15, 0.2) is 0 Å². The Bertz CT molecular complexity index is 275. The molecule has 0 aromatic heterocycles. The maximum atomic E-state index is 11.6. The van der Waals surface area contributed by atoms with Crippen molar-refractivity contribution in [2.75, 3.05) is 13.1 Å². The highest BCUT2D eigenvalue weighted by atomic mass is 16.6. The average molecular weight is 226 g/mol. The Balaban J connectivity index is 1.76. The van der Waals surface area contributed by atoms with Crippen LogP contribution in [0.25, 0.3) is 0 Å². The Labute approximate surface area is 97.1 Å². The van der Waals surface area contributed by atoms with Gasteiger partial charge in [0.25, 0.3) is 0 Å². The zero-order chi connectivity index (χ0) is 11.9. The molecule has 0 spiro atoms. The monoisotopic (exact) mass is 226 g/mol. The molecule has 3 atom stereocenters. The number of ether oxygens (including phenoxy) is 1. The van der Waals surface area contributed by atoms with Gasteiger partial charge in [-0.05, 0) is 52.6 Å². The first kappa shape index (κ1) is 11.7. The standard InChI is InChI=1S/C12H22N2O2/c1-7(10-8-5-13-6-9(8)10)16-11(15)14-12(2,3)4/h7-10,13H,5-6H2,1-4H3,(H,14,15). The molecule has 1 saturated carbocycles. The fourth-order valence-corrected chi connectivity index (χ4v) is 2.75. The zero-order valence-electron chi connectivity index (χ0n) is 10.5. The van der Waals surface area contributed by atoms with Gasteiger partial charge in [0.05, 0.1) is 0 Å². The highest BCUT2D eigenvalue weighted by molar-refractivity contribution is 5.68. The molecule has 4 nitrogen and oxygen atoms in total. The van der Waals surface area contributed by atoms with E-state index in [-0.39, 0.29) is 17.7 Å². The van der Waals surface area contributed by atoms with E-state index in [1.807, 2.05) is 27.7 Å². The third-order valence-corrected chi connectivity index (χ3v) is 3.47. The smallest absolute Gasteiger partial charge is 0.407 e. The number of alkyl carbamates (subject to hydrolysis) is 1. The van der Waals surface area contributed by atoms with Crippen LogP contribution in [0, 0.1) is 17.8 Å². The summed E-state index contributed by atoms with van der Waals surface area (Å²) in [4.78, 5) is 11.6. The summed E-state index contributed by atoms with van der Waals surface area (Å²) >= 11 is 0. The largest absolute Gasteiger partial charge is 0.446 e. The summed E-state index contributed by atoms with van der Waals surface area (Å²) in [6.45, 7) is 10.0. The minimum atomic E-state index is -0.294. The molecule has 92 valence electrons. The van der Waals surface area contributed by atoms with Gasteiger partial charge >= 0.3 is 6.09 Å². The molecule has 0 aromatic carbocycles. The van der Waals surface area contributed by atoms with Gasteiger partial charge in [-0.25, -0.2) is 4.79 Å². The van der Waals surface area contributed by atoms with Gasteiger partial charge in [-0.3, -0.25) is 0 Å². The van der Waals surface area contributed by atoms with E-state index in [1.165, 1.54) is 0 Å². The average Bonchev–Trinajstić information content (AvgIpc) is 2.58. The van der Waals surface area contributed by atoms with Gasteiger partial charge in [-0.1, -0.05) is 0 Å². The van der Waals surface area contributed by atoms with Crippen molar-refractivity contribution in [3.63, 3.8) is 0 Å². The summed E-state index contributed by atoms with van der Waals surface area (Å²) in [6.07, 6.45) is -0.252. The molecule has 1 aliphatic heterocycles. The van der Waals surface area contributed by atoms with Crippen LogP contribution >= 0.6 is 0 Å². The first-order valence-corrected chi connectivity index (χ1v) is 6.08. The molecule has 2 rings (SSSR count). The number of piperidine rings is 1. The molecule has 2 N–H and O–H groups in total. The molecule has 1 amide bonds. The summed E-state index contributed by atoms with van der Waals surface area (Å²) in [7, 11) is 0. The van der Waals surface area contributed by atoms with Crippen molar-refractivity contribution < 1.29 is 9.53 Å². The number of carbonyl (C=O) groups is 1. The Morgan fingerprint density at radius 1 is 1.38 bits per heavy atom. The van der Waals surface area contributed by atoms with Crippen LogP contribution in [-0.2, 0) is 4.74 Å². The van der Waals surface area contributed by atoms with Gasteiger partial charge in [0, 0.05) is 11.5 Å². The summed E-state index contributed by atoms with van der Waals surface area (Å²) in [6, 6.07) is 0. The van der Waals surface area contributed by atoms with Crippen LogP contribution in [0.2, 0.25) is 0 Å². The van der Waals surface area contributed by atoms with Crippen molar-refractivity contribution in [2.45, 2.75) is 39.3 Å². The maximum Gasteiger partial charge on any atom is 0.407 e. The minimum absolute atomic E-state index is 0.0412. The predicted molar refractivity (Wildman–Crippen MR) is 62.2 cm³/mol. The van der Waals surface area contributed by atoms with Gasteiger partial charge in [-0.15, -0.1) is 0 Å². The topological polar surface area (TPSA) is 50.4 Å². The molecule has 1 heterocycles. The molecular weight excluding hydrogens is 204 g/mol. The van der Waals surface area contributed by atoms with Gasteiger partial charge in [0.2, 0.25) is 0 Å². The van der Waals surface area contributed by atoms with Crippen LogP contribution in [0.5, 0.6) is 0 Å². The van der Waals surface area contributed by atoms with Crippen molar-refractivity contribution in [3.8, 4) is 0 Å². The molecule has 0 bridgehead atoms. The summed E-state index contributed by atoms with van der Waals surface area (Å²) in [5.41, 5.74) is -0.224. The van der Waals surface area contributed by atoms with E-state index in [1.54, 1.807) is 0 Å². The Morgan fingerprint density at radius 2 is 1.94 bits per heavy atom. The van der Waals surface area contributed by atoms with Gasteiger partial charge in [0.1, 0.15) is 6.10 Å². The summed E-state index contributed by atoms with van der Waals surface area (Å²) in [5, 5.41) is 6.16. The van der Waals surface area contributed by atoms with Crippen molar-refractivity contribution in [3.05, 3.63) is 0 Å². The van der Waals surface area contributed by atoms with Gasteiger partial charge in [-0.2, -0.15) is 0 Å². The maximum absolute atomic E-state index is 11.6. The zero-order valence-corrected chi connectivity index (χ0v) is 10.5. The second-order valence-corrected chi connectivity index (χ2v) is 6.05. The van der Waals surface area contributed by atoms with E-state index in [2.05, 4.69) is 10.6 Å². The first-order valence-electron chi connectivity index (χ1n) is 6.08. The third-order valence-electron chi connectivity index (χ3n) is 3.47. The first-order chi connectivity index (χ1) is 7.38. The number of amides is 1. The fraction of sp³-hybridized carbons (Fsp3) is 0.917. The quantitative estimate of drug-likeness (QED) is 0.747. The van der Waals surface area contributed by atoms with E-state index >= 15 is 0 Å². The lowest BCUT2D eigenvalue weighted by Gasteiger charge is -2.22. The normalized spacial score (nSPS) is 34.1. The third kappa shape index (κ3) is 2.48. The number of fused-ring (bicyclic) bond motifs is 1. The minimum Gasteiger partial charge on any atom is -0.446 e. The SMILES string of the molecule is CC(OC(=O)NC(C)(C)C)C1C2CNCC21. The lowest BCUT2D eigenvalue weighted by molar-refractivity contribution is 0.0827. The van der Waals surface area contributed by atoms with Gasteiger partial charge < -0.3 is 15.4 Å². The number of nitrogens with one attached hydrogen (secondary N) is 2. The fourth-order valence-electron chi connectivity index (χ4n) is 2.75. The van der Waals surface area contributed by atoms with E-state index in [0.29, 0.717) is 5.92 Å². The number of rotatable bonds is 2. The molecule has 0 radical (unpaired) electrons. The molecule has 2 fully saturated rings. The summed E-state index contributed by atoms with van der Waals surface area (Å²) < 4.78 is 5.41. The second-order valence-electron chi connectivity index (χ2n) is 6.05. The van der Waals surface area contributed by atoms with Crippen LogP contribution < -0.4 is 10.6 Å². The number of hydrogen-bond donors (Lipinski definition) is 2. The van der Waals surface area contributed by atoms with Crippen molar-refractivity contribution in [1.82, 2.24) is 10.6 Å². The molecule has 3 unspecified atom stereocenters. The van der Waals surface area contributed by atoms with Crippen molar-refractivity contribution in [1.29, 1.82) is 0 Å². The van der Waals surface area contributed by atoms with Crippen LogP contribution in [0.3, 0.4) is 0 Å². The van der Waals surface area contributed by atoms with Crippen molar-refractivity contribution >= 4 is 6.09 Å². The van der Waals surface area contributed by atoms with Crippen LogP contribution in [0.1, 0.15) is 27.7 Å². The predicted octanol–water partition coefficient (Wildman–Crippen LogP) is 1.36. The lowest BCUT2D eigenvalue weighted by Crippen LogP contribution is -2.42. The summed E-state index contributed by atoms with van der Waals surface area (Å²) in [5.74, 6) is 2.04. The lowest BCUT2D eigenvalue weighted by atomic mass is 10.1. The molecule has 2 aliphatic rings. The molecular formula is C12H22N2O2. The molecule has 0 aromatic rings. The van der Waals surface area contributed by atoms with Crippen LogP contribution in [0.4, 0.5) is 4.79 Å². The van der Waals surface area contributed by atoms with E-state index < -0.39 is 0 Å². The number of carbonyl (C=O) groups excluding carboxylic acids is 1. The Morgan fingerprint density at radius 3 is 2.44 bits per heavy atom. The molecule has 1 saturated heterocycles. The molecule has 4 heteroatoms. The molecule has 1 aliphatic carbocycles. The van der Waals surface area contributed by atoms with Crippen molar-refractivity contribution in [2.24, 2.45) is 17.8 Å². The van der Waals surface area contributed by atoms with E-state index in [9.17, 15) is 4.79 Å². The highest BCUT2D eigenvalue weighted by Gasteiger charge is 2.56. The second kappa shape index (κ2) is 3.91. The Hall–Kier alpha value is -0.770. The Kier molecular flexibility index (Phi) is 2.86. The molecule has 16 heavy (non-hydrogen) atoms. The van der Waals surface area contributed by atoms with E-state index in [4.69, 9.17) is 4.74 Å². The van der Waals surface area contributed by atoms with Crippen LogP contribution in [-0.4, -0.2) is 30.8 Å². The van der Waals surface area contributed by atoms with E-state index in [0.717, 1.165) is 24.9 Å². The number of hydrogen-bond acceptors (Lipinski definition) is 3. The van der Waals surface area contributed by atoms with Crippen LogP contribution in [0.15, 0.2) is 0 Å².